The summed E-state index contributed by atoms with van der Waals surface area (Å²) < 4.78 is 3.85. The molecule has 0 amide bonds. The highest BCUT2D eigenvalue weighted by molar-refractivity contribution is 7.99. The highest BCUT2D eigenvalue weighted by Crippen LogP contribution is 2.34. The fraction of sp³-hybridized carbons (Fsp3) is 0.800. The van der Waals surface area contributed by atoms with E-state index < -0.39 is 0 Å². The molecule has 15 heavy (non-hydrogen) atoms. The van der Waals surface area contributed by atoms with E-state index >= 15 is 0 Å². The zero-order valence-corrected chi connectivity index (χ0v) is 10.6. The number of hydrogen-bond donors (Lipinski definition) is 1. The Balaban J connectivity index is 1.80. The number of nitrogens with zero attached hydrogens (tertiary/aromatic N) is 2. The van der Waals surface area contributed by atoms with Crippen molar-refractivity contribution in [2.45, 2.75) is 43.6 Å². The molecule has 1 aliphatic rings. The number of rotatable bonds is 3. The second kappa shape index (κ2) is 5.16. The third kappa shape index (κ3) is 3.08. The van der Waals surface area contributed by atoms with E-state index in [-0.39, 0.29) is 0 Å². The lowest BCUT2D eigenvalue weighted by Crippen LogP contribution is -2.15. The fourth-order valence-electron chi connectivity index (χ4n) is 2.04. The maximum absolute atomic E-state index is 5.76. The lowest BCUT2D eigenvalue weighted by Gasteiger charge is -2.25. The van der Waals surface area contributed by atoms with Crippen LogP contribution in [0.15, 0.2) is 0 Å². The van der Waals surface area contributed by atoms with Crippen molar-refractivity contribution in [2.24, 2.45) is 5.92 Å². The highest BCUT2D eigenvalue weighted by Gasteiger charge is 2.19. The van der Waals surface area contributed by atoms with Crippen LogP contribution in [0, 0.1) is 5.92 Å². The Morgan fingerprint density at radius 3 is 3.07 bits per heavy atom. The van der Waals surface area contributed by atoms with Gasteiger partial charge in [-0.2, -0.15) is 11.8 Å². The molecule has 0 radical (unpaired) electrons. The van der Waals surface area contributed by atoms with Crippen LogP contribution < -0.4 is 5.73 Å². The van der Waals surface area contributed by atoms with Crippen LogP contribution in [-0.4, -0.2) is 14.8 Å². The monoisotopic (exact) mass is 243 g/mol. The topological polar surface area (TPSA) is 51.8 Å². The van der Waals surface area contributed by atoms with E-state index in [1.54, 1.807) is 0 Å². The van der Waals surface area contributed by atoms with Crippen LogP contribution in [0.25, 0.3) is 0 Å². The van der Waals surface area contributed by atoms with Gasteiger partial charge in [-0.1, -0.05) is 24.3 Å². The first-order valence-corrected chi connectivity index (χ1v) is 7.26. The molecule has 0 aliphatic heterocycles. The first-order chi connectivity index (χ1) is 7.25. The molecule has 3 nitrogen and oxygen atoms in total. The van der Waals surface area contributed by atoms with E-state index in [1.165, 1.54) is 37.2 Å². The molecule has 1 fully saturated rings. The van der Waals surface area contributed by atoms with Crippen molar-refractivity contribution < 1.29 is 0 Å². The molecule has 0 bridgehead atoms. The van der Waals surface area contributed by atoms with Gasteiger partial charge in [-0.15, -0.1) is 5.10 Å². The molecule has 0 saturated heterocycles. The van der Waals surface area contributed by atoms with Gasteiger partial charge in [0.25, 0.3) is 0 Å². The first kappa shape index (κ1) is 11.2. The van der Waals surface area contributed by atoms with Crippen molar-refractivity contribution in [3.8, 4) is 0 Å². The first-order valence-electron chi connectivity index (χ1n) is 5.44. The van der Waals surface area contributed by atoms with Crippen LogP contribution in [-0.2, 0) is 5.75 Å². The zero-order chi connectivity index (χ0) is 10.7. The number of anilines is 1. The van der Waals surface area contributed by atoms with Crippen LogP contribution in [0.1, 0.15) is 38.3 Å². The van der Waals surface area contributed by atoms with Gasteiger partial charge < -0.3 is 5.73 Å². The van der Waals surface area contributed by atoms with Crippen LogP contribution in [0.4, 0.5) is 5.00 Å². The molecule has 1 aromatic rings. The van der Waals surface area contributed by atoms with Gasteiger partial charge in [0, 0.05) is 22.5 Å². The molecule has 5 heteroatoms. The Morgan fingerprint density at radius 1 is 1.53 bits per heavy atom. The average molecular weight is 243 g/mol. The Kier molecular flexibility index (Phi) is 3.86. The number of thioether (sulfide) groups is 1. The summed E-state index contributed by atoms with van der Waals surface area (Å²) in [6, 6.07) is 0. The van der Waals surface area contributed by atoms with Gasteiger partial charge in [-0.3, -0.25) is 0 Å². The van der Waals surface area contributed by atoms with Crippen molar-refractivity contribution in [3.63, 3.8) is 0 Å². The minimum atomic E-state index is 0.784. The number of nitrogens with two attached hydrogens (primary N) is 1. The summed E-state index contributed by atoms with van der Waals surface area (Å²) >= 11 is 3.29. The van der Waals surface area contributed by atoms with Crippen LogP contribution in [0.3, 0.4) is 0 Å². The minimum Gasteiger partial charge on any atom is -0.388 e. The van der Waals surface area contributed by atoms with Crippen molar-refractivity contribution in [1.82, 2.24) is 9.59 Å². The van der Waals surface area contributed by atoms with Gasteiger partial charge in [0.2, 0.25) is 0 Å². The molecule has 2 atom stereocenters. The molecule has 2 N–H and O–H groups in total. The van der Waals surface area contributed by atoms with E-state index in [1.807, 2.05) is 11.8 Å². The molecule has 1 aliphatic carbocycles. The standard InChI is InChI=1S/C10H17N3S2/c1-7-3-2-4-8(5-7)14-6-9-10(11)15-13-12-9/h7-8H,2-6,11H2,1H3. The maximum atomic E-state index is 5.76. The number of hydrogen-bond acceptors (Lipinski definition) is 5. The summed E-state index contributed by atoms with van der Waals surface area (Å²) in [5.41, 5.74) is 6.74. The molecule has 2 rings (SSSR count). The number of aromatic nitrogens is 2. The Labute approximate surface area is 99.0 Å². The number of nitrogen functional groups attached to an aromatic ring is 1. The average Bonchev–Trinajstić information content (AvgIpc) is 2.61. The Morgan fingerprint density at radius 2 is 2.40 bits per heavy atom. The second-order valence-corrected chi connectivity index (χ2v) is 6.36. The van der Waals surface area contributed by atoms with E-state index in [2.05, 4.69) is 16.5 Å². The van der Waals surface area contributed by atoms with Crippen LogP contribution in [0.2, 0.25) is 0 Å². The molecule has 1 heterocycles. The summed E-state index contributed by atoms with van der Waals surface area (Å²) in [7, 11) is 0. The molecule has 1 saturated carbocycles. The third-order valence-corrected chi connectivity index (χ3v) is 4.86. The van der Waals surface area contributed by atoms with E-state index in [4.69, 9.17) is 5.73 Å². The van der Waals surface area contributed by atoms with E-state index in [0.717, 1.165) is 27.6 Å². The molecule has 84 valence electrons. The largest absolute Gasteiger partial charge is 0.388 e. The summed E-state index contributed by atoms with van der Waals surface area (Å²) in [4.78, 5) is 0. The summed E-state index contributed by atoms with van der Waals surface area (Å²) in [6.45, 7) is 2.35. The third-order valence-electron chi connectivity index (χ3n) is 2.93. The van der Waals surface area contributed by atoms with Gasteiger partial charge in [0.15, 0.2) is 0 Å². The van der Waals surface area contributed by atoms with Crippen molar-refractivity contribution >= 4 is 28.3 Å². The fourth-order valence-corrected chi connectivity index (χ4v) is 3.98. The second-order valence-electron chi connectivity index (χ2n) is 4.29. The lowest BCUT2D eigenvalue weighted by molar-refractivity contribution is 0.394. The Hall–Kier alpha value is -0.290. The van der Waals surface area contributed by atoms with Gasteiger partial charge in [-0.05, 0) is 18.8 Å². The normalized spacial score (nSPS) is 26.7. The Bertz CT molecular complexity index is 313. The lowest BCUT2D eigenvalue weighted by atomic mass is 9.91. The van der Waals surface area contributed by atoms with Gasteiger partial charge in [0.1, 0.15) is 10.7 Å². The summed E-state index contributed by atoms with van der Waals surface area (Å²) in [5.74, 6) is 1.82. The molecule has 1 aromatic heterocycles. The molecule has 2 unspecified atom stereocenters. The summed E-state index contributed by atoms with van der Waals surface area (Å²) in [5, 5.41) is 5.63. The van der Waals surface area contributed by atoms with Gasteiger partial charge in [0.05, 0.1) is 0 Å². The van der Waals surface area contributed by atoms with Crippen LogP contribution in [0.5, 0.6) is 0 Å². The van der Waals surface area contributed by atoms with Crippen LogP contribution >= 0.6 is 23.3 Å². The highest BCUT2D eigenvalue weighted by atomic mass is 32.2. The van der Waals surface area contributed by atoms with Gasteiger partial charge in [-0.25, -0.2) is 0 Å². The molecule has 0 aromatic carbocycles. The molecular formula is C10H17N3S2. The van der Waals surface area contributed by atoms with Crippen molar-refractivity contribution in [1.29, 1.82) is 0 Å². The summed E-state index contributed by atoms with van der Waals surface area (Å²) in [6.07, 6.45) is 5.48. The SMILES string of the molecule is CC1CCCC(SCc2nnsc2N)C1. The quantitative estimate of drug-likeness (QED) is 0.887. The molecule has 0 spiro atoms. The predicted molar refractivity (Wildman–Crippen MR) is 67.0 cm³/mol. The van der Waals surface area contributed by atoms with E-state index in [0.29, 0.717) is 0 Å². The minimum absolute atomic E-state index is 0.784. The smallest absolute Gasteiger partial charge is 0.131 e. The maximum Gasteiger partial charge on any atom is 0.131 e. The van der Waals surface area contributed by atoms with Crippen molar-refractivity contribution in [3.05, 3.63) is 5.69 Å². The van der Waals surface area contributed by atoms with Crippen molar-refractivity contribution in [2.75, 3.05) is 5.73 Å². The van der Waals surface area contributed by atoms with Gasteiger partial charge >= 0.3 is 0 Å². The molecular weight excluding hydrogens is 226 g/mol. The van der Waals surface area contributed by atoms with E-state index in [9.17, 15) is 0 Å². The zero-order valence-electron chi connectivity index (χ0n) is 8.98. The predicted octanol–water partition coefficient (Wildman–Crippen LogP) is 2.93.